The highest BCUT2D eigenvalue weighted by atomic mass is 16.6. The topological polar surface area (TPSA) is 62.2 Å². The van der Waals surface area contributed by atoms with E-state index in [0.717, 1.165) is 11.1 Å². The van der Waals surface area contributed by atoms with Crippen molar-refractivity contribution in [1.82, 2.24) is 5.32 Å². The first-order valence-electron chi connectivity index (χ1n) is 5.89. The van der Waals surface area contributed by atoms with Gasteiger partial charge >= 0.3 is 6.09 Å². The van der Waals surface area contributed by atoms with Crippen LogP contribution in [0.25, 0.3) is 0 Å². The van der Waals surface area contributed by atoms with Crippen LogP contribution in [0, 0.1) is 5.41 Å². The molecular weight excluding hydrogens is 228 g/mol. The third kappa shape index (κ3) is 4.99. The second kappa shape index (κ2) is 5.67. The first kappa shape index (κ1) is 14.2. The molecule has 98 valence electrons. The Morgan fingerprint density at radius 1 is 1.28 bits per heavy atom. The summed E-state index contributed by atoms with van der Waals surface area (Å²) in [5.41, 5.74) is 1.91. The van der Waals surface area contributed by atoms with Gasteiger partial charge < -0.3 is 15.5 Å². The fourth-order valence-corrected chi connectivity index (χ4v) is 1.36. The van der Waals surface area contributed by atoms with Crippen molar-refractivity contribution in [3.05, 3.63) is 35.4 Å². The average Bonchev–Trinajstić information content (AvgIpc) is 2.24. The zero-order chi connectivity index (χ0) is 13.8. The van der Waals surface area contributed by atoms with Crippen LogP contribution < -0.4 is 5.32 Å². The molecule has 0 fully saturated rings. The van der Waals surface area contributed by atoms with Crippen molar-refractivity contribution in [2.24, 2.45) is 0 Å². The van der Waals surface area contributed by atoms with E-state index in [0.29, 0.717) is 12.3 Å². The Balaban J connectivity index is 2.49. The molecule has 1 aromatic carbocycles. The standard InChI is InChI=1S/C14H20N2O2/c1-10(15)12-7-5-11(6-8-12)9-16-13(17)18-14(2,3)4/h5-8,15H,9H2,1-4H3,(H,16,17). The van der Waals surface area contributed by atoms with Gasteiger partial charge in [0.1, 0.15) is 5.60 Å². The summed E-state index contributed by atoms with van der Waals surface area (Å²) in [6.45, 7) is 7.65. The molecule has 18 heavy (non-hydrogen) atoms. The highest BCUT2D eigenvalue weighted by molar-refractivity contribution is 5.96. The first-order chi connectivity index (χ1) is 8.28. The predicted molar refractivity (Wildman–Crippen MR) is 72.0 cm³/mol. The Morgan fingerprint density at radius 3 is 2.28 bits per heavy atom. The van der Waals surface area contributed by atoms with E-state index in [1.165, 1.54) is 0 Å². The molecule has 0 aliphatic carbocycles. The lowest BCUT2D eigenvalue weighted by Crippen LogP contribution is -2.32. The number of alkyl carbamates (subject to hydrolysis) is 1. The summed E-state index contributed by atoms with van der Waals surface area (Å²) in [4.78, 5) is 11.4. The summed E-state index contributed by atoms with van der Waals surface area (Å²) in [6.07, 6.45) is -0.421. The number of rotatable bonds is 3. The van der Waals surface area contributed by atoms with Gasteiger partial charge in [-0.25, -0.2) is 4.79 Å². The largest absolute Gasteiger partial charge is 0.444 e. The van der Waals surface area contributed by atoms with Gasteiger partial charge in [0.15, 0.2) is 0 Å². The van der Waals surface area contributed by atoms with E-state index in [1.807, 2.05) is 45.0 Å². The van der Waals surface area contributed by atoms with Gasteiger partial charge in [0.2, 0.25) is 0 Å². The third-order valence-corrected chi connectivity index (χ3v) is 2.22. The lowest BCUT2D eigenvalue weighted by Gasteiger charge is -2.19. The summed E-state index contributed by atoms with van der Waals surface area (Å²) in [5, 5.41) is 10.2. The third-order valence-electron chi connectivity index (χ3n) is 2.22. The van der Waals surface area contributed by atoms with Gasteiger partial charge in [-0.05, 0) is 38.8 Å². The van der Waals surface area contributed by atoms with Crippen LogP contribution in [0.5, 0.6) is 0 Å². The maximum absolute atomic E-state index is 11.4. The van der Waals surface area contributed by atoms with E-state index in [9.17, 15) is 4.79 Å². The number of carbonyl (C=O) groups is 1. The number of ether oxygens (including phenoxy) is 1. The normalized spacial score (nSPS) is 10.9. The number of hydrogen-bond acceptors (Lipinski definition) is 3. The average molecular weight is 248 g/mol. The summed E-state index contributed by atoms with van der Waals surface area (Å²) in [6, 6.07) is 7.53. The van der Waals surface area contributed by atoms with Crippen molar-refractivity contribution in [2.75, 3.05) is 0 Å². The van der Waals surface area contributed by atoms with Crippen LogP contribution in [0.2, 0.25) is 0 Å². The second-order valence-corrected chi connectivity index (χ2v) is 5.18. The molecule has 0 atom stereocenters. The van der Waals surface area contributed by atoms with E-state index in [4.69, 9.17) is 10.1 Å². The molecule has 0 spiro atoms. The number of amides is 1. The van der Waals surface area contributed by atoms with Gasteiger partial charge in [-0.2, -0.15) is 0 Å². The van der Waals surface area contributed by atoms with Crippen LogP contribution in [-0.4, -0.2) is 17.4 Å². The Labute approximate surface area is 108 Å². The molecule has 0 aliphatic rings. The Morgan fingerprint density at radius 2 is 1.83 bits per heavy atom. The zero-order valence-corrected chi connectivity index (χ0v) is 11.3. The Bertz CT molecular complexity index is 430. The van der Waals surface area contributed by atoms with Gasteiger partial charge in [0.05, 0.1) is 0 Å². The molecule has 1 amide bonds. The van der Waals surface area contributed by atoms with Gasteiger partial charge in [-0.15, -0.1) is 0 Å². The highest BCUT2D eigenvalue weighted by Gasteiger charge is 2.15. The van der Waals surface area contributed by atoms with Crippen LogP contribution >= 0.6 is 0 Å². The molecule has 0 saturated carbocycles. The monoisotopic (exact) mass is 248 g/mol. The Hall–Kier alpha value is -1.84. The minimum absolute atomic E-state index is 0.421. The number of benzene rings is 1. The molecule has 1 rings (SSSR count). The fraction of sp³-hybridized carbons (Fsp3) is 0.429. The molecule has 0 unspecified atom stereocenters. The smallest absolute Gasteiger partial charge is 0.407 e. The highest BCUT2D eigenvalue weighted by Crippen LogP contribution is 2.08. The van der Waals surface area contributed by atoms with Gasteiger partial charge in [0.25, 0.3) is 0 Å². The number of hydrogen-bond donors (Lipinski definition) is 2. The molecule has 4 nitrogen and oxygen atoms in total. The van der Waals surface area contributed by atoms with Crippen molar-refractivity contribution >= 4 is 11.8 Å². The van der Waals surface area contributed by atoms with Crippen molar-refractivity contribution in [3.8, 4) is 0 Å². The van der Waals surface area contributed by atoms with Gasteiger partial charge in [-0.1, -0.05) is 24.3 Å². The maximum Gasteiger partial charge on any atom is 0.407 e. The molecule has 1 aromatic rings. The van der Waals surface area contributed by atoms with Crippen LogP contribution in [0.15, 0.2) is 24.3 Å². The fourth-order valence-electron chi connectivity index (χ4n) is 1.36. The lowest BCUT2D eigenvalue weighted by molar-refractivity contribution is 0.0523. The molecular formula is C14H20N2O2. The minimum atomic E-state index is -0.481. The van der Waals surface area contributed by atoms with Crippen molar-refractivity contribution in [2.45, 2.75) is 39.8 Å². The van der Waals surface area contributed by atoms with E-state index < -0.39 is 11.7 Å². The SMILES string of the molecule is CC(=N)c1ccc(CNC(=O)OC(C)(C)C)cc1. The zero-order valence-electron chi connectivity index (χ0n) is 11.3. The summed E-state index contributed by atoms with van der Waals surface area (Å²) >= 11 is 0. The maximum atomic E-state index is 11.4. The van der Waals surface area contributed by atoms with Crippen LogP contribution in [0.4, 0.5) is 4.79 Å². The molecule has 0 bridgehead atoms. The summed E-state index contributed by atoms with van der Waals surface area (Å²) < 4.78 is 5.14. The predicted octanol–water partition coefficient (Wildman–Crippen LogP) is 3.10. The van der Waals surface area contributed by atoms with E-state index in [2.05, 4.69) is 5.32 Å². The molecule has 0 radical (unpaired) electrons. The van der Waals surface area contributed by atoms with Crippen LogP contribution in [0.3, 0.4) is 0 Å². The first-order valence-corrected chi connectivity index (χ1v) is 5.89. The lowest BCUT2D eigenvalue weighted by atomic mass is 10.1. The molecule has 2 N–H and O–H groups in total. The van der Waals surface area contributed by atoms with Gasteiger partial charge in [-0.3, -0.25) is 0 Å². The molecule has 4 heteroatoms. The van der Waals surface area contributed by atoms with Crippen molar-refractivity contribution < 1.29 is 9.53 Å². The minimum Gasteiger partial charge on any atom is -0.444 e. The van der Waals surface area contributed by atoms with E-state index >= 15 is 0 Å². The van der Waals surface area contributed by atoms with Crippen LogP contribution in [0.1, 0.15) is 38.8 Å². The van der Waals surface area contributed by atoms with Gasteiger partial charge in [0, 0.05) is 12.3 Å². The Kier molecular flexibility index (Phi) is 4.48. The quantitative estimate of drug-likeness (QED) is 0.807. The number of nitrogens with one attached hydrogen (secondary N) is 2. The van der Waals surface area contributed by atoms with E-state index in [1.54, 1.807) is 6.92 Å². The van der Waals surface area contributed by atoms with Crippen molar-refractivity contribution in [1.29, 1.82) is 5.41 Å². The molecule has 0 aliphatic heterocycles. The van der Waals surface area contributed by atoms with Crippen LogP contribution in [-0.2, 0) is 11.3 Å². The molecule has 0 heterocycles. The summed E-state index contributed by atoms with van der Waals surface area (Å²) in [7, 11) is 0. The van der Waals surface area contributed by atoms with Crippen molar-refractivity contribution in [3.63, 3.8) is 0 Å². The molecule has 0 aromatic heterocycles. The number of carbonyl (C=O) groups excluding carboxylic acids is 1. The summed E-state index contributed by atoms with van der Waals surface area (Å²) in [5.74, 6) is 0. The second-order valence-electron chi connectivity index (χ2n) is 5.18. The molecule has 0 saturated heterocycles. The van der Waals surface area contributed by atoms with E-state index in [-0.39, 0.29) is 0 Å².